The summed E-state index contributed by atoms with van der Waals surface area (Å²) < 4.78 is 68.1. The van der Waals surface area contributed by atoms with E-state index in [2.05, 4.69) is 5.10 Å². The number of esters is 1. The summed E-state index contributed by atoms with van der Waals surface area (Å²) in [6, 6.07) is 13.8. The fourth-order valence-corrected chi connectivity index (χ4v) is 7.97. The molecule has 1 aliphatic carbocycles. The van der Waals surface area contributed by atoms with Crippen LogP contribution in [0.5, 0.6) is 0 Å². The summed E-state index contributed by atoms with van der Waals surface area (Å²) in [6.07, 6.45) is 0.0915. The first-order valence-corrected chi connectivity index (χ1v) is 17.6. The van der Waals surface area contributed by atoms with E-state index in [0.29, 0.717) is 25.3 Å². The number of aliphatic hydroxyl groups is 1. The lowest BCUT2D eigenvalue weighted by Gasteiger charge is -2.55. The SMILES string of the molecule is CCOC(=O)C1(c2cccc(COC[C@@H]3CN(C(=O)c4cnn(Cc5ccc(F)cc5)c4)CC34CN(C(O)C(C)(C)C(F)(F)F)C4)c2)CCCC1. The highest BCUT2D eigenvalue weighted by molar-refractivity contribution is 5.94. The molecule has 1 unspecified atom stereocenters. The molecular formula is C38H46F4N4O5. The van der Waals surface area contributed by atoms with E-state index in [-0.39, 0.29) is 56.5 Å². The number of amides is 1. The van der Waals surface area contributed by atoms with Crippen LogP contribution < -0.4 is 0 Å². The number of carbonyl (C=O) groups is 2. The van der Waals surface area contributed by atoms with E-state index in [9.17, 15) is 32.3 Å². The molecule has 276 valence electrons. The van der Waals surface area contributed by atoms with Gasteiger partial charge in [0.15, 0.2) is 0 Å². The van der Waals surface area contributed by atoms with Crippen molar-refractivity contribution in [2.24, 2.45) is 16.7 Å². The molecule has 3 aromatic rings. The second-order valence-electron chi connectivity index (χ2n) is 15.0. The van der Waals surface area contributed by atoms with Gasteiger partial charge in [0.25, 0.3) is 5.91 Å². The highest BCUT2D eigenvalue weighted by atomic mass is 19.4. The number of hydrogen-bond acceptors (Lipinski definition) is 7. The van der Waals surface area contributed by atoms with Crippen molar-refractivity contribution in [1.82, 2.24) is 19.6 Å². The Morgan fingerprint density at radius 1 is 1.04 bits per heavy atom. The quantitative estimate of drug-likeness (QED) is 0.183. The predicted molar refractivity (Wildman–Crippen MR) is 180 cm³/mol. The third kappa shape index (κ3) is 7.30. The van der Waals surface area contributed by atoms with Gasteiger partial charge in [-0.15, -0.1) is 0 Å². The second kappa shape index (κ2) is 14.3. The minimum absolute atomic E-state index is 0.173. The molecular weight excluding hydrogens is 668 g/mol. The Kier molecular flexibility index (Phi) is 10.4. The zero-order valence-electron chi connectivity index (χ0n) is 29.3. The van der Waals surface area contributed by atoms with Crippen molar-refractivity contribution in [3.63, 3.8) is 0 Å². The Bertz CT molecular complexity index is 1700. The molecule has 3 aliphatic rings. The zero-order chi connectivity index (χ0) is 36.6. The van der Waals surface area contributed by atoms with Crippen molar-refractivity contribution in [3.05, 3.63) is 89.0 Å². The molecule has 2 aromatic carbocycles. The zero-order valence-corrected chi connectivity index (χ0v) is 29.3. The van der Waals surface area contributed by atoms with Gasteiger partial charge in [0.2, 0.25) is 0 Å². The fourth-order valence-electron chi connectivity index (χ4n) is 7.97. The van der Waals surface area contributed by atoms with Gasteiger partial charge in [0, 0.05) is 43.7 Å². The molecule has 1 saturated carbocycles. The van der Waals surface area contributed by atoms with Gasteiger partial charge in [-0.1, -0.05) is 49.2 Å². The van der Waals surface area contributed by atoms with Gasteiger partial charge in [-0.3, -0.25) is 19.2 Å². The maximum absolute atomic E-state index is 13.8. The van der Waals surface area contributed by atoms with Gasteiger partial charge in [-0.05, 0) is 62.4 Å². The van der Waals surface area contributed by atoms with Crippen LogP contribution in [0, 0.1) is 22.6 Å². The molecule has 1 spiro atoms. The number of likely N-dealkylation sites (tertiary alicyclic amines) is 2. The standard InChI is InChI=1S/C38H46F4N4O5/c1-4-51-34(49)37(14-5-6-15-37)29-9-7-8-27(16-29)21-50-22-30-20-44(23-36(30)24-45(25-36)33(48)35(2,3)38(40,41)42)32(47)28-17-43-46(19-28)18-26-10-12-31(39)13-11-26/h7-13,16-17,19,30,33,48H,4-6,14-15,18,20-25H2,1-3H3/t30-,33?/m0/s1. The Morgan fingerprint density at radius 2 is 1.75 bits per heavy atom. The summed E-state index contributed by atoms with van der Waals surface area (Å²) >= 11 is 0. The number of ether oxygens (including phenoxy) is 2. The number of halogens is 4. The number of hydrogen-bond donors (Lipinski definition) is 1. The van der Waals surface area contributed by atoms with Crippen LogP contribution in [0.2, 0.25) is 0 Å². The van der Waals surface area contributed by atoms with Crippen LogP contribution in [0.15, 0.2) is 60.9 Å². The highest BCUT2D eigenvalue weighted by Crippen LogP contribution is 2.50. The van der Waals surface area contributed by atoms with Crippen molar-refractivity contribution in [1.29, 1.82) is 0 Å². The van der Waals surface area contributed by atoms with E-state index in [1.54, 1.807) is 34.8 Å². The molecule has 51 heavy (non-hydrogen) atoms. The average molecular weight is 715 g/mol. The molecule has 3 fully saturated rings. The molecule has 3 heterocycles. The summed E-state index contributed by atoms with van der Waals surface area (Å²) in [5.41, 5.74) is -0.631. The van der Waals surface area contributed by atoms with Crippen LogP contribution in [0.1, 0.15) is 73.5 Å². The molecule has 2 aliphatic heterocycles. The average Bonchev–Trinajstić information content (AvgIpc) is 3.84. The van der Waals surface area contributed by atoms with Gasteiger partial charge in [0.05, 0.1) is 49.0 Å². The normalized spacial score (nSPS) is 20.8. The third-order valence-electron chi connectivity index (χ3n) is 11.2. The number of benzene rings is 2. The Morgan fingerprint density at radius 3 is 2.41 bits per heavy atom. The lowest BCUT2D eigenvalue weighted by atomic mass is 9.70. The predicted octanol–water partition coefficient (Wildman–Crippen LogP) is 5.94. The molecule has 13 heteroatoms. The topological polar surface area (TPSA) is 97.1 Å². The first-order valence-electron chi connectivity index (χ1n) is 17.6. The van der Waals surface area contributed by atoms with Crippen molar-refractivity contribution >= 4 is 11.9 Å². The van der Waals surface area contributed by atoms with Gasteiger partial charge in [-0.2, -0.15) is 18.3 Å². The van der Waals surface area contributed by atoms with E-state index in [1.165, 1.54) is 23.2 Å². The van der Waals surface area contributed by atoms with Crippen LogP contribution in [0.3, 0.4) is 0 Å². The molecule has 0 bridgehead atoms. The minimum Gasteiger partial charge on any atom is -0.465 e. The van der Waals surface area contributed by atoms with Crippen LogP contribution >= 0.6 is 0 Å². The number of alkyl halides is 3. The molecule has 1 aromatic heterocycles. The fraction of sp³-hybridized carbons (Fsp3) is 0.553. The summed E-state index contributed by atoms with van der Waals surface area (Å²) in [5.74, 6) is -1.02. The van der Waals surface area contributed by atoms with Crippen molar-refractivity contribution in [3.8, 4) is 0 Å². The van der Waals surface area contributed by atoms with E-state index < -0.39 is 28.6 Å². The smallest absolute Gasteiger partial charge is 0.397 e. The molecule has 2 atom stereocenters. The summed E-state index contributed by atoms with van der Waals surface area (Å²) in [4.78, 5) is 29.9. The Balaban J connectivity index is 1.16. The van der Waals surface area contributed by atoms with Crippen LogP contribution in [0.4, 0.5) is 17.6 Å². The van der Waals surface area contributed by atoms with E-state index in [0.717, 1.165) is 56.2 Å². The maximum atomic E-state index is 13.8. The van der Waals surface area contributed by atoms with Crippen LogP contribution in [-0.2, 0) is 32.8 Å². The monoisotopic (exact) mass is 714 g/mol. The third-order valence-corrected chi connectivity index (χ3v) is 11.2. The van der Waals surface area contributed by atoms with E-state index in [1.807, 2.05) is 24.3 Å². The van der Waals surface area contributed by atoms with Gasteiger partial charge >= 0.3 is 12.1 Å². The highest BCUT2D eigenvalue weighted by Gasteiger charge is 2.61. The Labute approximate surface area is 295 Å². The van der Waals surface area contributed by atoms with Crippen molar-refractivity contribution in [2.75, 3.05) is 39.4 Å². The molecule has 1 amide bonds. The van der Waals surface area contributed by atoms with Crippen molar-refractivity contribution < 1.29 is 41.7 Å². The lowest BCUT2D eigenvalue weighted by Crippen LogP contribution is -2.67. The van der Waals surface area contributed by atoms with Gasteiger partial charge in [-0.25, -0.2) is 4.39 Å². The summed E-state index contributed by atoms with van der Waals surface area (Å²) in [5, 5.41) is 15.1. The first-order chi connectivity index (χ1) is 24.2. The number of aliphatic hydroxyl groups excluding tert-OH is 1. The molecule has 2 saturated heterocycles. The molecule has 0 radical (unpaired) electrons. The molecule has 9 nitrogen and oxygen atoms in total. The van der Waals surface area contributed by atoms with E-state index in [4.69, 9.17) is 9.47 Å². The Hall–Kier alpha value is -3.81. The summed E-state index contributed by atoms with van der Waals surface area (Å²) in [7, 11) is 0. The van der Waals surface area contributed by atoms with Gasteiger partial charge < -0.3 is 19.5 Å². The number of rotatable bonds is 12. The number of nitrogens with zero attached hydrogens (tertiary/aromatic N) is 4. The van der Waals surface area contributed by atoms with Crippen LogP contribution in [-0.4, -0.2) is 88.4 Å². The van der Waals surface area contributed by atoms with Crippen molar-refractivity contribution in [2.45, 2.75) is 77.4 Å². The first kappa shape index (κ1) is 37.0. The molecule has 6 rings (SSSR count). The molecule has 1 N–H and O–H groups in total. The summed E-state index contributed by atoms with van der Waals surface area (Å²) in [6.45, 7) is 5.88. The largest absolute Gasteiger partial charge is 0.465 e. The van der Waals surface area contributed by atoms with Crippen LogP contribution in [0.25, 0.3) is 0 Å². The van der Waals surface area contributed by atoms with Gasteiger partial charge in [0.1, 0.15) is 12.0 Å². The van der Waals surface area contributed by atoms with E-state index >= 15 is 0 Å². The second-order valence-corrected chi connectivity index (χ2v) is 15.0. The lowest BCUT2D eigenvalue weighted by molar-refractivity contribution is -0.282. The number of carbonyl (C=O) groups excluding carboxylic acids is 2. The maximum Gasteiger partial charge on any atom is 0.397 e. The number of aromatic nitrogens is 2. The minimum atomic E-state index is -4.61.